The first-order valence-electron chi connectivity index (χ1n) is 15.9. The molecule has 10 rings (SSSR count). The van der Waals surface area contributed by atoms with Gasteiger partial charge in [-0.2, -0.15) is 0 Å². The molecule has 0 atom stereocenters. The summed E-state index contributed by atoms with van der Waals surface area (Å²) >= 11 is 0. The largest absolute Gasteiger partial charge is 0.376 e. The molecule has 6 aromatic carbocycles. The highest BCUT2D eigenvalue weighted by atomic mass is 15.1. The van der Waals surface area contributed by atoms with Crippen LogP contribution in [0.2, 0.25) is 0 Å². The van der Waals surface area contributed by atoms with Crippen molar-refractivity contribution in [2.75, 3.05) is 4.81 Å². The molecule has 0 saturated heterocycles. The van der Waals surface area contributed by atoms with Crippen LogP contribution in [-0.4, -0.2) is 16.0 Å². The van der Waals surface area contributed by atoms with E-state index in [1.165, 1.54) is 71.5 Å². The predicted molar refractivity (Wildman–Crippen MR) is 196 cm³/mol. The number of fused-ring (bicyclic) bond motifs is 10. The van der Waals surface area contributed by atoms with E-state index >= 15 is 0 Å². The Kier molecular flexibility index (Phi) is 5.23. The summed E-state index contributed by atoms with van der Waals surface area (Å²) in [6, 6.07) is 48.6. The van der Waals surface area contributed by atoms with Crippen LogP contribution in [0.5, 0.6) is 0 Å². The van der Waals surface area contributed by atoms with Crippen molar-refractivity contribution < 1.29 is 0 Å². The first-order valence-corrected chi connectivity index (χ1v) is 15.9. The van der Waals surface area contributed by atoms with Crippen LogP contribution in [0.1, 0.15) is 5.56 Å². The van der Waals surface area contributed by atoms with Crippen molar-refractivity contribution in [1.29, 1.82) is 0 Å². The van der Waals surface area contributed by atoms with E-state index in [-0.39, 0.29) is 6.85 Å². The second-order valence-corrected chi connectivity index (χ2v) is 12.2. The van der Waals surface area contributed by atoms with E-state index in [4.69, 9.17) is 6.58 Å². The molecule has 4 heterocycles. The van der Waals surface area contributed by atoms with Gasteiger partial charge in [-0.05, 0) is 59.0 Å². The third kappa shape index (κ3) is 3.33. The minimum Gasteiger partial charge on any atom is -0.376 e. The maximum Gasteiger partial charge on any atom is 0.332 e. The molecule has 0 saturated carbocycles. The number of aromatic nitrogens is 2. The third-order valence-corrected chi connectivity index (χ3v) is 9.83. The van der Waals surface area contributed by atoms with Crippen molar-refractivity contribution >= 4 is 73.1 Å². The van der Waals surface area contributed by atoms with Gasteiger partial charge in [0.2, 0.25) is 0 Å². The minimum atomic E-state index is -0.0939. The van der Waals surface area contributed by atoms with Crippen LogP contribution in [0.3, 0.4) is 0 Å². The van der Waals surface area contributed by atoms with E-state index in [1.54, 1.807) is 0 Å². The molecule has 0 aliphatic carbocycles. The Morgan fingerprint density at radius 1 is 0.500 bits per heavy atom. The number of hydrogen-bond donors (Lipinski definition) is 0. The van der Waals surface area contributed by atoms with Crippen LogP contribution in [-0.2, 0) is 0 Å². The highest BCUT2D eigenvalue weighted by molar-refractivity contribution is 6.91. The molecule has 46 heavy (non-hydrogen) atoms. The SMILES string of the molecule is C=C1/C=C\C=C/c2ccc3c(c2N1B1c2ccccc2-n2c4ccccc4c4cccc1c42)c1ccccc1n3-c1ccccc1. The summed E-state index contributed by atoms with van der Waals surface area (Å²) in [6.45, 7) is 4.66. The average Bonchev–Trinajstić information content (AvgIpc) is 3.62. The van der Waals surface area contributed by atoms with E-state index in [0.717, 1.165) is 11.4 Å². The van der Waals surface area contributed by atoms with Crippen LogP contribution in [0, 0.1) is 0 Å². The lowest BCUT2D eigenvalue weighted by atomic mass is 9.46. The molecule has 2 aromatic heterocycles. The normalized spacial score (nSPS) is 15.3. The van der Waals surface area contributed by atoms with Gasteiger partial charge >= 0.3 is 6.85 Å². The topological polar surface area (TPSA) is 13.1 Å². The fourth-order valence-electron chi connectivity index (χ4n) is 8.04. The third-order valence-electron chi connectivity index (χ3n) is 9.83. The van der Waals surface area contributed by atoms with Crippen LogP contribution in [0.4, 0.5) is 5.69 Å². The summed E-state index contributed by atoms with van der Waals surface area (Å²) in [5.74, 6) is 0. The quantitative estimate of drug-likeness (QED) is 0.185. The fraction of sp³-hybridized carbons (Fsp3) is 0. The van der Waals surface area contributed by atoms with Gasteiger partial charge in [-0.1, -0.05) is 122 Å². The van der Waals surface area contributed by atoms with E-state index in [1.807, 2.05) is 0 Å². The standard InChI is InChI=1S/C42H28BN3/c1-28-14-5-6-15-29-26-27-39-40(33-19-8-11-24-37(33)44(39)30-16-3-2-4-17-30)41(29)46(28)43-34-21-9-12-25-38(34)45-36-23-10-7-18-31(36)32-20-13-22-35(43)42(32)45/h2-27H,1H2/b14-5-,15-6-. The summed E-state index contributed by atoms with van der Waals surface area (Å²) in [5.41, 5.74) is 13.1. The van der Waals surface area contributed by atoms with Crippen molar-refractivity contribution in [1.82, 2.24) is 9.13 Å². The van der Waals surface area contributed by atoms with E-state index in [0.29, 0.717) is 0 Å². The molecule has 214 valence electrons. The number of rotatable bonds is 2. The van der Waals surface area contributed by atoms with E-state index in [9.17, 15) is 0 Å². The van der Waals surface area contributed by atoms with Crippen molar-refractivity contribution in [2.45, 2.75) is 0 Å². The zero-order chi connectivity index (χ0) is 30.4. The Balaban J connectivity index is 1.36. The minimum absolute atomic E-state index is 0.0939. The Hall–Kier alpha value is -6.00. The van der Waals surface area contributed by atoms with Crippen LogP contribution in [0.15, 0.2) is 164 Å². The van der Waals surface area contributed by atoms with E-state index in [2.05, 4.69) is 172 Å². The van der Waals surface area contributed by atoms with Crippen LogP contribution < -0.4 is 15.7 Å². The first-order chi connectivity index (χ1) is 22.8. The van der Waals surface area contributed by atoms with Crippen LogP contribution >= 0.6 is 0 Å². The first kappa shape index (κ1) is 25.3. The molecule has 2 aliphatic rings. The lowest BCUT2D eigenvalue weighted by molar-refractivity contribution is 1.18. The molecule has 0 amide bonds. The van der Waals surface area contributed by atoms with Crippen LogP contribution in [0.25, 0.3) is 61.1 Å². The summed E-state index contributed by atoms with van der Waals surface area (Å²) in [4.78, 5) is 2.51. The van der Waals surface area contributed by atoms with E-state index < -0.39 is 0 Å². The summed E-state index contributed by atoms with van der Waals surface area (Å²) < 4.78 is 4.87. The Morgan fingerprint density at radius 3 is 2.04 bits per heavy atom. The molecule has 2 aliphatic heterocycles. The Labute approximate surface area is 267 Å². The van der Waals surface area contributed by atoms with Crippen molar-refractivity contribution in [3.8, 4) is 11.4 Å². The molecular weight excluding hydrogens is 557 g/mol. The maximum atomic E-state index is 4.75. The number of anilines is 1. The number of allylic oxidation sites excluding steroid dienone is 3. The van der Waals surface area contributed by atoms with Gasteiger partial charge in [0.25, 0.3) is 0 Å². The average molecular weight is 586 g/mol. The van der Waals surface area contributed by atoms with Gasteiger partial charge in [0.1, 0.15) is 0 Å². The molecule has 0 spiro atoms. The molecule has 0 unspecified atom stereocenters. The Morgan fingerprint density at radius 2 is 1.17 bits per heavy atom. The zero-order valence-electron chi connectivity index (χ0n) is 25.1. The summed E-state index contributed by atoms with van der Waals surface area (Å²) in [5, 5.41) is 5.01. The molecule has 0 bridgehead atoms. The summed E-state index contributed by atoms with van der Waals surface area (Å²) in [6.07, 6.45) is 8.65. The van der Waals surface area contributed by atoms with Gasteiger partial charge in [-0.25, -0.2) is 0 Å². The van der Waals surface area contributed by atoms with Crippen molar-refractivity contribution in [3.05, 3.63) is 170 Å². The fourth-order valence-corrected chi connectivity index (χ4v) is 8.04. The van der Waals surface area contributed by atoms with Gasteiger partial charge in [0.15, 0.2) is 0 Å². The van der Waals surface area contributed by atoms with Gasteiger partial charge in [-0.15, -0.1) is 0 Å². The second-order valence-electron chi connectivity index (χ2n) is 12.2. The highest BCUT2D eigenvalue weighted by Crippen LogP contribution is 2.43. The molecule has 8 aromatic rings. The monoisotopic (exact) mass is 585 g/mol. The smallest absolute Gasteiger partial charge is 0.332 e. The summed E-state index contributed by atoms with van der Waals surface area (Å²) in [7, 11) is 0. The lowest BCUT2D eigenvalue weighted by Crippen LogP contribution is -2.59. The number of para-hydroxylation sites is 5. The van der Waals surface area contributed by atoms with Gasteiger partial charge in [0.05, 0.1) is 22.1 Å². The lowest BCUT2D eigenvalue weighted by Gasteiger charge is -2.38. The number of hydrogen-bond acceptors (Lipinski definition) is 1. The molecule has 0 N–H and O–H groups in total. The zero-order valence-corrected chi connectivity index (χ0v) is 25.1. The molecule has 0 fully saturated rings. The molecule has 4 heteroatoms. The van der Waals surface area contributed by atoms with Crippen molar-refractivity contribution in [3.63, 3.8) is 0 Å². The maximum absolute atomic E-state index is 4.75. The van der Waals surface area contributed by atoms with Gasteiger partial charge in [-0.3, -0.25) is 0 Å². The van der Waals surface area contributed by atoms with Gasteiger partial charge in [0, 0.05) is 44.3 Å². The second kappa shape index (κ2) is 9.50. The number of benzene rings is 6. The Bertz CT molecular complexity index is 2620. The number of nitrogens with zero attached hydrogens (tertiary/aromatic N) is 3. The predicted octanol–water partition coefficient (Wildman–Crippen LogP) is 8.90. The van der Waals surface area contributed by atoms with Gasteiger partial charge < -0.3 is 13.9 Å². The van der Waals surface area contributed by atoms with Crippen molar-refractivity contribution in [2.24, 2.45) is 0 Å². The molecular formula is C42H28BN3. The molecule has 3 nitrogen and oxygen atoms in total. The highest BCUT2D eigenvalue weighted by Gasteiger charge is 2.39. The molecule has 0 radical (unpaired) electrons.